The molecule has 0 bridgehead atoms. The molecule has 4 amide bonds. The number of ether oxygens (including phenoxy) is 3. The van der Waals surface area contributed by atoms with Crippen molar-refractivity contribution in [3.8, 4) is 11.6 Å². The molecule has 55 heavy (non-hydrogen) atoms. The molecule has 4 aliphatic rings. The topological polar surface area (TPSA) is 192 Å². The van der Waals surface area contributed by atoms with Crippen LogP contribution < -0.4 is 24.8 Å². The number of fused-ring (bicyclic) bond motifs is 1. The van der Waals surface area contributed by atoms with Gasteiger partial charge in [0.1, 0.15) is 35.6 Å². The van der Waals surface area contributed by atoms with E-state index in [1.165, 1.54) is 4.90 Å². The van der Waals surface area contributed by atoms with E-state index in [0.717, 1.165) is 25.7 Å². The van der Waals surface area contributed by atoms with E-state index >= 15 is 0 Å². The van der Waals surface area contributed by atoms with Crippen LogP contribution in [0.4, 0.5) is 4.79 Å². The molecule has 3 aliphatic carbocycles. The lowest BCUT2D eigenvalue weighted by molar-refractivity contribution is -0.143. The highest BCUT2D eigenvalue weighted by Crippen LogP contribution is 2.47. The summed E-state index contributed by atoms with van der Waals surface area (Å²) in [7, 11) is -4.46. The molecule has 1 aromatic carbocycles. The van der Waals surface area contributed by atoms with Crippen LogP contribution in [-0.2, 0) is 33.6 Å². The number of carbonyl (C=O) groups is 4. The number of likely N-dealkylation sites (tertiary alicyclic amines) is 1. The monoisotopic (exact) mass is 805 g/mol. The van der Waals surface area contributed by atoms with E-state index < -0.39 is 68.9 Å². The van der Waals surface area contributed by atoms with Crippen molar-refractivity contribution in [2.45, 2.75) is 135 Å². The third-order valence-electron chi connectivity index (χ3n) is 10.9. The predicted molar refractivity (Wildman–Crippen MR) is 203 cm³/mol. The molecule has 5 atom stereocenters. The Bertz CT molecular complexity index is 1930. The summed E-state index contributed by atoms with van der Waals surface area (Å²) in [5.41, 5.74) is -2.78. The van der Waals surface area contributed by atoms with E-state index in [4.69, 9.17) is 30.0 Å². The van der Waals surface area contributed by atoms with Crippen LogP contribution in [0.5, 0.6) is 11.6 Å². The average molecular weight is 806 g/mol. The molecule has 1 aliphatic heterocycles. The van der Waals surface area contributed by atoms with Crippen molar-refractivity contribution in [2.75, 3.05) is 13.2 Å². The van der Waals surface area contributed by atoms with Gasteiger partial charge in [-0.25, -0.2) is 18.7 Å². The molecule has 3 N–H and O–H groups in total. The number of hydrogen-bond donors (Lipinski definition) is 3. The van der Waals surface area contributed by atoms with Gasteiger partial charge in [-0.15, -0.1) is 0 Å². The van der Waals surface area contributed by atoms with E-state index in [-0.39, 0.29) is 37.3 Å². The molecule has 15 nitrogen and oxygen atoms in total. The summed E-state index contributed by atoms with van der Waals surface area (Å²) in [6.45, 7) is 11.0. The molecule has 4 fully saturated rings. The maximum atomic E-state index is 14.6. The Labute approximate surface area is 327 Å². The molecular formula is C38H52ClN5O10S. The molecular weight excluding hydrogens is 754 g/mol. The SMILES string of the molecule is CCOc1cc(O[C@@H]2C[C@@H](C(=O)N[C@]3(C(=O)NS(=O)(=O)OC4(C)CC4)C[C@H]3CC)N(C(=O)[C@@H](NC(=O)OC3CCCC3)C(C)(C)C)C2)c2cccc(Cl)c2n1. The number of halogens is 1. The van der Waals surface area contributed by atoms with E-state index in [1.807, 2.05) is 18.6 Å². The number of alkyl carbamates (subject to hydrolysis) is 1. The van der Waals surface area contributed by atoms with Crippen molar-refractivity contribution in [3.63, 3.8) is 0 Å². The first kappa shape index (κ1) is 40.8. The van der Waals surface area contributed by atoms with Crippen molar-refractivity contribution < 1.29 is 46.0 Å². The minimum atomic E-state index is -4.46. The van der Waals surface area contributed by atoms with Gasteiger partial charge in [0.15, 0.2) is 0 Å². The van der Waals surface area contributed by atoms with E-state index in [2.05, 4.69) is 15.6 Å². The molecule has 0 unspecified atom stereocenters. The molecule has 2 heterocycles. The number of nitrogens with zero attached hydrogens (tertiary/aromatic N) is 2. The zero-order valence-electron chi connectivity index (χ0n) is 32.2. The summed E-state index contributed by atoms with van der Waals surface area (Å²) in [6.07, 6.45) is 3.43. The lowest BCUT2D eigenvalue weighted by atomic mass is 9.85. The Balaban J connectivity index is 1.29. The quantitative estimate of drug-likeness (QED) is 0.235. The number of amides is 4. The highest BCUT2D eigenvalue weighted by molar-refractivity contribution is 7.85. The largest absolute Gasteiger partial charge is 0.488 e. The van der Waals surface area contributed by atoms with Gasteiger partial charge in [-0.1, -0.05) is 51.8 Å². The first-order valence-corrected chi connectivity index (χ1v) is 20.9. The van der Waals surface area contributed by atoms with E-state index in [9.17, 15) is 27.6 Å². The van der Waals surface area contributed by atoms with Crippen molar-refractivity contribution in [1.82, 2.24) is 25.2 Å². The molecule has 1 saturated heterocycles. The second-order valence-electron chi connectivity index (χ2n) is 16.5. The zero-order chi connectivity index (χ0) is 39.9. The molecule has 1 aromatic heterocycles. The van der Waals surface area contributed by atoms with Gasteiger partial charge >= 0.3 is 16.4 Å². The molecule has 17 heteroatoms. The second kappa shape index (κ2) is 15.6. The van der Waals surface area contributed by atoms with Crippen molar-refractivity contribution in [2.24, 2.45) is 11.3 Å². The Morgan fingerprint density at radius 1 is 1.09 bits per heavy atom. The van der Waals surface area contributed by atoms with Crippen LogP contribution in [0.15, 0.2) is 24.3 Å². The maximum Gasteiger partial charge on any atom is 0.408 e. The number of pyridine rings is 1. The maximum absolute atomic E-state index is 14.6. The number of hydrogen-bond acceptors (Lipinski definition) is 11. The Hall–Kier alpha value is -3.89. The zero-order valence-corrected chi connectivity index (χ0v) is 33.8. The fourth-order valence-electron chi connectivity index (χ4n) is 7.52. The summed E-state index contributed by atoms with van der Waals surface area (Å²) < 4.78 is 50.7. The van der Waals surface area contributed by atoms with E-state index in [0.29, 0.717) is 47.5 Å². The lowest BCUT2D eigenvalue weighted by Crippen LogP contribution is -2.60. The van der Waals surface area contributed by atoms with Crippen LogP contribution >= 0.6 is 11.6 Å². The molecule has 0 radical (unpaired) electrons. The van der Waals surface area contributed by atoms with Crippen LogP contribution in [0, 0.1) is 11.3 Å². The first-order chi connectivity index (χ1) is 25.9. The van der Waals surface area contributed by atoms with Gasteiger partial charge in [0.05, 0.1) is 29.3 Å². The molecule has 6 rings (SSSR count). The fraction of sp³-hybridized carbons (Fsp3) is 0.658. The lowest BCUT2D eigenvalue weighted by Gasteiger charge is -2.35. The Morgan fingerprint density at radius 2 is 1.80 bits per heavy atom. The number of carbonyl (C=O) groups excluding carboxylic acids is 4. The summed E-state index contributed by atoms with van der Waals surface area (Å²) in [5.74, 6) is -1.84. The van der Waals surface area contributed by atoms with Gasteiger partial charge in [0.25, 0.3) is 5.91 Å². The Kier molecular flexibility index (Phi) is 11.5. The summed E-state index contributed by atoms with van der Waals surface area (Å²) in [5, 5.41) is 6.57. The van der Waals surface area contributed by atoms with Gasteiger partial charge in [0, 0.05) is 17.9 Å². The number of nitrogens with one attached hydrogen (secondary N) is 3. The Morgan fingerprint density at radius 3 is 2.42 bits per heavy atom. The van der Waals surface area contributed by atoms with Crippen LogP contribution in [0.2, 0.25) is 5.02 Å². The van der Waals surface area contributed by atoms with Gasteiger partial charge in [-0.2, -0.15) is 8.42 Å². The summed E-state index contributed by atoms with van der Waals surface area (Å²) >= 11 is 6.51. The van der Waals surface area contributed by atoms with Crippen molar-refractivity contribution in [1.29, 1.82) is 0 Å². The minimum Gasteiger partial charge on any atom is -0.488 e. The minimum absolute atomic E-state index is 0.00353. The third-order valence-corrected chi connectivity index (χ3v) is 12.3. The predicted octanol–water partition coefficient (Wildman–Crippen LogP) is 4.93. The van der Waals surface area contributed by atoms with Crippen molar-refractivity contribution >= 4 is 56.6 Å². The fourth-order valence-corrected chi connectivity index (χ4v) is 8.89. The smallest absolute Gasteiger partial charge is 0.408 e. The standard InChI is InChI=1S/C38H52ClN5O10S/c1-7-22-20-38(22,34(47)43-55(49,50)54-37(6)16-17-37)42-32(45)27-18-24(52-28-19-29(51-8-2)40-30-25(28)14-11-15-26(30)39)21-44(27)33(46)31(36(3,4)5)41-35(48)53-23-12-9-10-13-23/h11,14-15,19,22-24,27,31H,7-10,12-13,16-18,20-21H2,1-6H3,(H,41,48)(H,42,45)(H,43,47)/t22-,24-,27+,31-,38-/m1/s1. The van der Waals surface area contributed by atoms with Crippen LogP contribution in [-0.4, -0.2) is 90.7 Å². The van der Waals surface area contributed by atoms with Crippen molar-refractivity contribution in [3.05, 3.63) is 29.3 Å². The van der Waals surface area contributed by atoms with Crippen LogP contribution in [0.3, 0.4) is 0 Å². The van der Waals surface area contributed by atoms with Gasteiger partial charge in [-0.3, -0.25) is 14.4 Å². The van der Waals surface area contributed by atoms with Crippen LogP contribution in [0.25, 0.3) is 10.9 Å². The normalized spacial score (nSPS) is 25.2. The third kappa shape index (κ3) is 9.23. The molecule has 3 saturated carbocycles. The van der Waals surface area contributed by atoms with Gasteiger partial charge in [0.2, 0.25) is 17.7 Å². The molecule has 0 spiro atoms. The van der Waals surface area contributed by atoms with Crippen LogP contribution in [0.1, 0.15) is 99.3 Å². The molecule has 2 aromatic rings. The highest BCUT2D eigenvalue weighted by Gasteiger charge is 2.62. The summed E-state index contributed by atoms with van der Waals surface area (Å²) in [6, 6.07) is 4.59. The molecule has 302 valence electrons. The van der Waals surface area contributed by atoms with Gasteiger partial charge < -0.3 is 29.7 Å². The van der Waals surface area contributed by atoms with E-state index in [1.54, 1.807) is 52.0 Å². The highest BCUT2D eigenvalue weighted by atomic mass is 35.5. The summed E-state index contributed by atoms with van der Waals surface area (Å²) in [4.78, 5) is 61.7. The number of rotatable bonds is 14. The number of para-hydroxylation sites is 1. The number of benzene rings is 1. The second-order valence-corrected chi connectivity index (χ2v) is 18.1. The average Bonchev–Trinajstić information content (AvgIpc) is 3.84. The number of aromatic nitrogens is 1. The first-order valence-electron chi connectivity index (χ1n) is 19.1. The van der Waals surface area contributed by atoms with Gasteiger partial charge in [-0.05, 0) is 82.3 Å².